The molecule has 0 aliphatic carbocycles. The Kier molecular flexibility index (Phi) is 4.41. The number of rotatable bonds is 4. The first-order valence-electron chi connectivity index (χ1n) is 6.32. The van der Waals surface area contributed by atoms with Crippen molar-refractivity contribution in [2.45, 2.75) is 26.6 Å². The van der Waals surface area contributed by atoms with E-state index < -0.39 is 18.6 Å². The molecule has 2 heterocycles. The summed E-state index contributed by atoms with van der Waals surface area (Å²) in [6.07, 6.45) is -4.40. The van der Waals surface area contributed by atoms with Crippen LogP contribution in [-0.4, -0.2) is 23.2 Å². The molecule has 0 saturated heterocycles. The minimum atomic E-state index is -4.40. The largest absolute Gasteiger partial charge is 0.405 e. The number of hydrogen-bond donors (Lipinski definition) is 1. The second-order valence-electron chi connectivity index (χ2n) is 4.75. The first-order valence-corrected chi connectivity index (χ1v) is 7.20. The third-order valence-electron chi connectivity index (χ3n) is 3.16. The zero-order valence-electron chi connectivity index (χ0n) is 11.6. The third kappa shape index (κ3) is 3.87. The van der Waals surface area contributed by atoms with Crippen LogP contribution in [0.1, 0.15) is 26.6 Å². The van der Waals surface area contributed by atoms with Gasteiger partial charge in [0.15, 0.2) is 0 Å². The second kappa shape index (κ2) is 5.93. The molecule has 2 aromatic rings. The minimum Gasteiger partial charge on any atom is -0.343 e. The number of carbonyl (C=O) groups excluding carboxylic acids is 1. The van der Waals surface area contributed by atoms with Crippen molar-refractivity contribution in [2.75, 3.05) is 6.54 Å². The van der Waals surface area contributed by atoms with Gasteiger partial charge in [-0.05, 0) is 31.4 Å². The number of aryl methyl sites for hydroxylation is 1. The fraction of sp³-hybridized carbons (Fsp3) is 0.357. The number of hydrogen-bond acceptors (Lipinski definition) is 2. The molecule has 0 radical (unpaired) electrons. The summed E-state index contributed by atoms with van der Waals surface area (Å²) in [4.78, 5) is 13.0. The highest BCUT2D eigenvalue weighted by Crippen LogP contribution is 2.20. The fourth-order valence-corrected chi connectivity index (χ4v) is 2.80. The normalized spacial score (nSPS) is 11.7. The van der Waals surface area contributed by atoms with Gasteiger partial charge in [-0.2, -0.15) is 13.2 Å². The number of aromatic nitrogens is 1. The lowest BCUT2D eigenvalue weighted by atomic mass is 10.2. The van der Waals surface area contributed by atoms with Crippen molar-refractivity contribution in [3.63, 3.8) is 0 Å². The molecule has 0 spiro atoms. The number of thiophene rings is 1. The molecule has 114 valence electrons. The molecule has 1 N–H and O–H groups in total. The average molecular weight is 316 g/mol. The lowest BCUT2D eigenvalue weighted by Gasteiger charge is -2.10. The van der Waals surface area contributed by atoms with Crippen LogP contribution in [-0.2, 0) is 6.54 Å². The summed E-state index contributed by atoms with van der Waals surface area (Å²) in [6.45, 7) is 2.87. The predicted molar refractivity (Wildman–Crippen MR) is 75.7 cm³/mol. The van der Waals surface area contributed by atoms with E-state index in [1.165, 1.54) is 0 Å². The maximum absolute atomic E-state index is 12.2. The number of nitrogens with one attached hydrogen (secondary N) is 1. The molecule has 0 fully saturated rings. The molecule has 2 aromatic heterocycles. The van der Waals surface area contributed by atoms with Gasteiger partial charge in [0.05, 0.1) is 12.1 Å². The monoisotopic (exact) mass is 316 g/mol. The molecule has 0 atom stereocenters. The van der Waals surface area contributed by atoms with Gasteiger partial charge in [0.2, 0.25) is 0 Å². The molecule has 3 nitrogen and oxygen atoms in total. The van der Waals surface area contributed by atoms with Gasteiger partial charge in [-0.1, -0.05) is 6.07 Å². The second-order valence-corrected chi connectivity index (χ2v) is 5.78. The van der Waals surface area contributed by atoms with Crippen molar-refractivity contribution in [1.82, 2.24) is 9.88 Å². The van der Waals surface area contributed by atoms with Crippen molar-refractivity contribution >= 4 is 17.2 Å². The van der Waals surface area contributed by atoms with Crippen LogP contribution in [0.2, 0.25) is 0 Å². The van der Waals surface area contributed by atoms with Gasteiger partial charge in [-0.3, -0.25) is 4.79 Å². The Balaban J connectivity index is 2.16. The van der Waals surface area contributed by atoms with Crippen LogP contribution in [0.15, 0.2) is 23.6 Å². The Hall–Kier alpha value is -1.76. The van der Waals surface area contributed by atoms with Gasteiger partial charge in [0.25, 0.3) is 5.91 Å². The van der Waals surface area contributed by atoms with Gasteiger partial charge in [0, 0.05) is 16.3 Å². The average Bonchev–Trinajstić information content (AvgIpc) is 2.99. The van der Waals surface area contributed by atoms with Crippen LogP contribution >= 0.6 is 11.3 Å². The van der Waals surface area contributed by atoms with E-state index in [4.69, 9.17) is 0 Å². The summed E-state index contributed by atoms with van der Waals surface area (Å²) in [5.74, 6) is -0.696. The van der Waals surface area contributed by atoms with Crippen molar-refractivity contribution in [2.24, 2.45) is 0 Å². The zero-order chi connectivity index (χ0) is 15.6. The van der Waals surface area contributed by atoms with Crippen molar-refractivity contribution < 1.29 is 18.0 Å². The molecular formula is C14H15F3N2OS. The molecular weight excluding hydrogens is 301 g/mol. The molecule has 21 heavy (non-hydrogen) atoms. The predicted octanol–water partition coefficient (Wildman–Crippen LogP) is 3.51. The number of alkyl halides is 3. The van der Waals surface area contributed by atoms with Crippen LogP contribution in [0, 0.1) is 13.8 Å². The van der Waals surface area contributed by atoms with Gasteiger partial charge in [-0.15, -0.1) is 11.3 Å². The standard InChI is InChI=1S/C14H15F3N2OS/c1-9-6-12(13(20)18-8-14(15,16)17)10(2)19(9)7-11-4-3-5-21-11/h3-6H,7-8H2,1-2H3,(H,18,20). The Bertz CT molecular complexity index is 629. The summed E-state index contributed by atoms with van der Waals surface area (Å²) in [6, 6.07) is 5.53. The SMILES string of the molecule is Cc1cc(C(=O)NCC(F)(F)F)c(C)n1Cc1cccs1. The van der Waals surface area contributed by atoms with Crippen LogP contribution in [0.4, 0.5) is 13.2 Å². The van der Waals surface area contributed by atoms with Crippen molar-refractivity contribution in [3.05, 3.63) is 45.4 Å². The zero-order valence-corrected chi connectivity index (χ0v) is 12.4. The van der Waals surface area contributed by atoms with E-state index in [-0.39, 0.29) is 5.56 Å². The van der Waals surface area contributed by atoms with E-state index in [1.54, 1.807) is 24.3 Å². The summed E-state index contributed by atoms with van der Waals surface area (Å²) in [5, 5.41) is 3.86. The first kappa shape index (κ1) is 15.6. The van der Waals surface area contributed by atoms with E-state index in [2.05, 4.69) is 0 Å². The summed E-state index contributed by atoms with van der Waals surface area (Å²) in [5.41, 5.74) is 1.80. The van der Waals surface area contributed by atoms with Gasteiger partial charge >= 0.3 is 6.18 Å². The maximum Gasteiger partial charge on any atom is 0.405 e. The molecule has 0 bridgehead atoms. The first-order chi connectivity index (χ1) is 9.78. The summed E-state index contributed by atoms with van der Waals surface area (Å²) < 4.78 is 38.4. The highest BCUT2D eigenvalue weighted by molar-refractivity contribution is 7.09. The molecule has 0 aliphatic rings. The Morgan fingerprint density at radius 1 is 1.38 bits per heavy atom. The minimum absolute atomic E-state index is 0.285. The van der Waals surface area contributed by atoms with Gasteiger partial charge < -0.3 is 9.88 Å². The van der Waals surface area contributed by atoms with Crippen LogP contribution < -0.4 is 5.32 Å². The molecule has 0 unspecified atom stereocenters. The summed E-state index contributed by atoms with van der Waals surface area (Å²) >= 11 is 1.60. The Labute approximate surface area is 124 Å². The highest BCUT2D eigenvalue weighted by atomic mass is 32.1. The quantitative estimate of drug-likeness (QED) is 0.920. The molecule has 1 amide bonds. The maximum atomic E-state index is 12.2. The Morgan fingerprint density at radius 2 is 2.10 bits per heavy atom. The van der Waals surface area contributed by atoms with Crippen LogP contribution in [0.25, 0.3) is 0 Å². The molecule has 2 rings (SSSR count). The van der Waals surface area contributed by atoms with E-state index >= 15 is 0 Å². The van der Waals surface area contributed by atoms with Gasteiger partial charge in [-0.25, -0.2) is 0 Å². The van der Waals surface area contributed by atoms with E-state index in [1.807, 2.05) is 34.3 Å². The molecule has 0 aromatic carbocycles. The van der Waals surface area contributed by atoms with Crippen molar-refractivity contribution in [1.29, 1.82) is 0 Å². The number of halogens is 3. The third-order valence-corrected chi connectivity index (χ3v) is 4.02. The lowest BCUT2D eigenvalue weighted by Crippen LogP contribution is -2.33. The smallest absolute Gasteiger partial charge is 0.343 e. The Morgan fingerprint density at radius 3 is 2.67 bits per heavy atom. The highest BCUT2D eigenvalue weighted by Gasteiger charge is 2.28. The molecule has 0 aliphatic heterocycles. The number of amides is 1. The molecule has 0 saturated carbocycles. The van der Waals surface area contributed by atoms with Crippen LogP contribution in [0.3, 0.4) is 0 Å². The van der Waals surface area contributed by atoms with Gasteiger partial charge in [0.1, 0.15) is 6.54 Å². The van der Waals surface area contributed by atoms with Crippen molar-refractivity contribution in [3.8, 4) is 0 Å². The fourth-order valence-electron chi connectivity index (χ4n) is 2.11. The summed E-state index contributed by atoms with van der Waals surface area (Å²) in [7, 11) is 0. The number of carbonyl (C=O) groups is 1. The number of nitrogens with zero attached hydrogens (tertiary/aromatic N) is 1. The van der Waals surface area contributed by atoms with E-state index in [0.717, 1.165) is 10.6 Å². The van der Waals surface area contributed by atoms with E-state index in [0.29, 0.717) is 12.2 Å². The van der Waals surface area contributed by atoms with E-state index in [9.17, 15) is 18.0 Å². The van der Waals surface area contributed by atoms with Crippen LogP contribution in [0.5, 0.6) is 0 Å². The lowest BCUT2D eigenvalue weighted by molar-refractivity contribution is -0.123. The molecule has 7 heteroatoms. The topological polar surface area (TPSA) is 34.0 Å².